The summed E-state index contributed by atoms with van der Waals surface area (Å²) in [5.74, 6) is 0.647. The Morgan fingerprint density at radius 2 is 2.06 bits per heavy atom. The van der Waals surface area contributed by atoms with Gasteiger partial charge in [-0.3, -0.25) is 9.78 Å². The van der Waals surface area contributed by atoms with Gasteiger partial charge in [-0.25, -0.2) is 0 Å². The van der Waals surface area contributed by atoms with Gasteiger partial charge in [-0.15, -0.1) is 0 Å². The minimum atomic E-state index is -0.212. The Labute approximate surface area is 96.0 Å². The molecule has 0 saturated heterocycles. The summed E-state index contributed by atoms with van der Waals surface area (Å²) in [6, 6.07) is 1.51. The largest absolute Gasteiger partial charge is 0.489 e. The number of hydrogen-bond donors (Lipinski definition) is 1. The van der Waals surface area contributed by atoms with Gasteiger partial charge in [0.25, 0.3) is 0 Å². The monoisotopic (exact) mass is 222 g/mol. The van der Waals surface area contributed by atoms with Crippen molar-refractivity contribution in [1.29, 1.82) is 0 Å². The third-order valence-electron chi connectivity index (χ3n) is 2.20. The summed E-state index contributed by atoms with van der Waals surface area (Å²) in [7, 11) is 1.75. The van der Waals surface area contributed by atoms with Crippen LogP contribution in [-0.4, -0.2) is 30.0 Å². The van der Waals surface area contributed by atoms with Crippen molar-refractivity contribution in [2.45, 2.75) is 32.9 Å². The van der Waals surface area contributed by atoms with Gasteiger partial charge in [-0.05, 0) is 33.9 Å². The van der Waals surface area contributed by atoms with Crippen LogP contribution in [0.25, 0.3) is 0 Å². The molecule has 0 bridgehead atoms. The predicted octanol–water partition coefficient (Wildman–Crippen LogP) is 1.66. The van der Waals surface area contributed by atoms with E-state index in [2.05, 4.69) is 10.3 Å². The van der Waals surface area contributed by atoms with E-state index in [0.717, 1.165) is 0 Å². The van der Waals surface area contributed by atoms with Gasteiger partial charge in [0, 0.05) is 11.8 Å². The Hall–Kier alpha value is -1.42. The van der Waals surface area contributed by atoms with Gasteiger partial charge >= 0.3 is 0 Å². The van der Waals surface area contributed by atoms with E-state index in [1.807, 2.05) is 20.8 Å². The molecule has 1 aromatic rings. The maximum Gasteiger partial charge on any atom is 0.181 e. The fraction of sp³-hybridized carbons (Fsp3) is 0.500. The molecule has 16 heavy (non-hydrogen) atoms. The fourth-order valence-electron chi connectivity index (χ4n) is 1.27. The average molecular weight is 222 g/mol. The standard InChI is InChI=1S/C12H18N2O2/c1-8(2)16-11-5-10(6-14-7-11)12(15)9(3)13-4/h5-9,13H,1-4H3. The van der Waals surface area contributed by atoms with Crippen molar-refractivity contribution >= 4 is 5.78 Å². The molecule has 0 spiro atoms. The van der Waals surface area contributed by atoms with Gasteiger partial charge in [-0.1, -0.05) is 0 Å². The third kappa shape index (κ3) is 3.31. The van der Waals surface area contributed by atoms with Gasteiger partial charge in [-0.2, -0.15) is 0 Å². The first-order valence-corrected chi connectivity index (χ1v) is 5.37. The quantitative estimate of drug-likeness (QED) is 0.770. The molecule has 1 aromatic heterocycles. The molecular formula is C12H18N2O2. The highest BCUT2D eigenvalue weighted by molar-refractivity contribution is 5.99. The highest BCUT2D eigenvalue weighted by Gasteiger charge is 2.14. The summed E-state index contributed by atoms with van der Waals surface area (Å²) in [6.07, 6.45) is 3.25. The van der Waals surface area contributed by atoms with E-state index < -0.39 is 0 Å². The van der Waals surface area contributed by atoms with E-state index in [1.54, 1.807) is 25.5 Å². The lowest BCUT2D eigenvalue weighted by Gasteiger charge is -2.12. The summed E-state index contributed by atoms with van der Waals surface area (Å²) >= 11 is 0. The number of ether oxygens (including phenoxy) is 1. The van der Waals surface area contributed by atoms with Crippen molar-refractivity contribution in [2.24, 2.45) is 0 Å². The highest BCUT2D eigenvalue weighted by Crippen LogP contribution is 2.14. The average Bonchev–Trinajstić information content (AvgIpc) is 2.26. The lowest BCUT2D eigenvalue weighted by molar-refractivity contribution is 0.0954. The van der Waals surface area contributed by atoms with Crippen LogP contribution in [0.2, 0.25) is 0 Å². The number of nitrogens with zero attached hydrogens (tertiary/aromatic N) is 1. The van der Waals surface area contributed by atoms with Crippen LogP contribution in [-0.2, 0) is 0 Å². The summed E-state index contributed by atoms with van der Waals surface area (Å²) in [6.45, 7) is 5.69. The van der Waals surface area contributed by atoms with E-state index in [-0.39, 0.29) is 17.9 Å². The number of likely N-dealkylation sites (N-methyl/N-ethyl adjacent to an activating group) is 1. The lowest BCUT2D eigenvalue weighted by Crippen LogP contribution is -2.30. The Kier molecular flexibility index (Phi) is 4.43. The molecule has 0 amide bonds. The Bertz CT molecular complexity index is 364. The number of carbonyl (C=O) groups excluding carboxylic acids is 1. The molecule has 0 fully saturated rings. The Balaban J connectivity index is 2.85. The lowest BCUT2D eigenvalue weighted by atomic mass is 10.1. The molecule has 4 heteroatoms. The second kappa shape index (κ2) is 5.61. The number of nitrogens with one attached hydrogen (secondary N) is 1. The van der Waals surface area contributed by atoms with Crippen molar-refractivity contribution in [1.82, 2.24) is 10.3 Å². The van der Waals surface area contributed by atoms with Crippen LogP contribution < -0.4 is 10.1 Å². The SMILES string of the molecule is CNC(C)C(=O)c1cncc(OC(C)C)c1. The molecule has 1 rings (SSSR count). The number of carbonyl (C=O) groups is 1. The van der Waals surface area contributed by atoms with E-state index in [4.69, 9.17) is 4.74 Å². The molecule has 0 saturated carbocycles. The molecule has 0 aliphatic heterocycles. The number of pyridine rings is 1. The molecule has 1 heterocycles. The van der Waals surface area contributed by atoms with Crippen molar-refractivity contribution in [3.63, 3.8) is 0 Å². The normalized spacial score (nSPS) is 12.6. The van der Waals surface area contributed by atoms with Crippen LogP contribution in [0.3, 0.4) is 0 Å². The predicted molar refractivity (Wildman–Crippen MR) is 62.9 cm³/mol. The van der Waals surface area contributed by atoms with Crippen LogP contribution in [0.1, 0.15) is 31.1 Å². The van der Waals surface area contributed by atoms with E-state index in [1.165, 1.54) is 0 Å². The number of rotatable bonds is 5. The third-order valence-corrected chi connectivity index (χ3v) is 2.20. The van der Waals surface area contributed by atoms with E-state index in [9.17, 15) is 4.79 Å². The first-order chi connectivity index (χ1) is 7.54. The molecule has 0 aliphatic rings. The molecule has 4 nitrogen and oxygen atoms in total. The number of hydrogen-bond acceptors (Lipinski definition) is 4. The van der Waals surface area contributed by atoms with Gasteiger partial charge in [0.2, 0.25) is 0 Å². The highest BCUT2D eigenvalue weighted by atomic mass is 16.5. The van der Waals surface area contributed by atoms with Crippen LogP contribution >= 0.6 is 0 Å². The van der Waals surface area contributed by atoms with Crippen molar-refractivity contribution in [3.05, 3.63) is 24.0 Å². The van der Waals surface area contributed by atoms with E-state index in [0.29, 0.717) is 11.3 Å². The smallest absolute Gasteiger partial charge is 0.181 e. The maximum atomic E-state index is 11.9. The molecule has 1 N–H and O–H groups in total. The molecule has 1 atom stereocenters. The Morgan fingerprint density at radius 1 is 1.38 bits per heavy atom. The van der Waals surface area contributed by atoms with Crippen LogP contribution in [0, 0.1) is 0 Å². The molecule has 1 unspecified atom stereocenters. The first-order valence-electron chi connectivity index (χ1n) is 5.37. The van der Waals surface area contributed by atoms with Gasteiger partial charge < -0.3 is 10.1 Å². The zero-order valence-electron chi connectivity index (χ0n) is 10.2. The van der Waals surface area contributed by atoms with Crippen molar-refractivity contribution in [2.75, 3.05) is 7.05 Å². The van der Waals surface area contributed by atoms with Crippen LogP contribution in [0.4, 0.5) is 0 Å². The summed E-state index contributed by atoms with van der Waals surface area (Å²) < 4.78 is 5.48. The molecule has 88 valence electrons. The fourth-order valence-corrected chi connectivity index (χ4v) is 1.27. The van der Waals surface area contributed by atoms with E-state index >= 15 is 0 Å². The zero-order valence-corrected chi connectivity index (χ0v) is 10.2. The molecular weight excluding hydrogens is 204 g/mol. The first kappa shape index (κ1) is 12.6. The van der Waals surface area contributed by atoms with Gasteiger partial charge in [0.15, 0.2) is 5.78 Å². The number of aromatic nitrogens is 1. The maximum absolute atomic E-state index is 11.9. The number of Topliss-reactive ketones (excluding diaryl/α,β-unsaturated/α-hetero) is 1. The summed E-state index contributed by atoms with van der Waals surface area (Å²) in [4.78, 5) is 15.9. The van der Waals surface area contributed by atoms with Crippen molar-refractivity contribution < 1.29 is 9.53 Å². The second-order valence-corrected chi connectivity index (χ2v) is 3.95. The van der Waals surface area contributed by atoms with Gasteiger partial charge in [0.05, 0.1) is 18.3 Å². The molecule has 0 radical (unpaired) electrons. The van der Waals surface area contributed by atoms with Crippen LogP contribution in [0.15, 0.2) is 18.5 Å². The van der Waals surface area contributed by atoms with Gasteiger partial charge in [0.1, 0.15) is 5.75 Å². The molecule has 0 aliphatic carbocycles. The summed E-state index contributed by atoms with van der Waals surface area (Å²) in [5.41, 5.74) is 0.569. The van der Waals surface area contributed by atoms with Crippen LogP contribution in [0.5, 0.6) is 5.75 Å². The second-order valence-electron chi connectivity index (χ2n) is 3.95. The molecule has 0 aromatic carbocycles. The minimum Gasteiger partial charge on any atom is -0.489 e. The Morgan fingerprint density at radius 3 is 2.62 bits per heavy atom. The summed E-state index contributed by atoms with van der Waals surface area (Å²) in [5, 5.41) is 2.91. The number of ketones is 1. The zero-order chi connectivity index (χ0) is 12.1. The van der Waals surface area contributed by atoms with Crippen molar-refractivity contribution in [3.8, 4) is 5.75 Å². The topological polar surface area (TPSA) is 51.2 Å². The minimum absolute atomic E-state index is 0.0178.